The predicted molar refractivity (Wildman–Crippen MR) is 90.8 cm³/mol. The SMILES string of the molecule is Cc1cc(NC(=O)NCC(C)(C)CCO)nn1-c1cccc(F)c1. The number of urea groups is 1. The number of aliphatic hydroxyl groups excluding tert-OH is 1. The van der Waals surface area contributed by atoms with E-state index >= 15 is 0 Å². The summed E-state index contributed by atoms with van der Waals surface area (Å²) < 4.78 is 14.9. The smallest absolute Gasteiger partial charge is 0.320 e. The molecule has 2 aromatic rings. The average molecular weight is 334 g/mol. The molecule has 0 saturated heterocycles. The van der Waals surface area contributed by atoms with E-state index in [1.54, 1.807) is 22.9 Å². The molecule has 0 aliphatic heterocycles. The highest BCUT2D eigenvalue weighted by Gasteiger charge is 2.18. The molecule has 0 unspecified atom stereocenters. The van der Waals surface area contributed by atoms with E-state index in [1.165, 1.54) is 12.1 Å². The molecule has 6 nitrogen and oxygen atoms in total. The second-order valence-electron chi connectivity index (χ2n) is 6.51. The quantitative estimate of drug-likeness (QED) is 0.760. The lowest BCUT2D eigenvalue weighted by atomic mass is 9.90. The molecule has 2 rings (SSSR count). The second-order valence-corrected chi connectivity index (χ2v) is 6.51. The molecule has 0 fully saturated rings. The van der Waals surface area contributed by atoms with E-state index < -0.39 is 0 Å². The number of aromatic nitrogens is 2. The van der Waals surface area contributed by atoms with E-state index in [0.29, 0.717) is 24.5 Å². The van der Waals surface area contributed by atoms with E-state index in [9.17, 15) is 9.18 Å². The van der Waals surface area contributed by atoms with Crippen LogP contribution in [0.5, 0.6) is 0 Å². The molecule has 0 bridgehead atoms. The van der Waals surface area contributed by atoms with Gasteiger partial charge in [-0.3, -0.25) is 5.32 Å². The van der Waals surface area contributed by atoms with Crippen LogP contribution in [0.25, 0.3) is 5.69 Å². The van der Waals surface area contributed by atoms with Crippen LogP contribution in [0.15, 0.2) is 30.3 Å². The highest BCUT2D eigenvalue weighted by molar-refractivity contribution is 5.88. The second kappa shape index (κ2) is 7.44. The highest BCUT2D eigenvalue weighted by atomic mass is 19.1. The monoisotopic (exact) mass is 334 g/mol. The molecule has 7 heteroatoms. The predicted octanol–water partition coefficient (Wildman–Crippen LogP) is 2.85. The Balaban J connectivity index is 2.01. The number of halogens is 1. The van der Waals surface area contributed by atoms with Gasteiger partial charge < -0.3 is 10.4 Å². The summed E-state index contributed by atoms with van der Waals surface area (Å²) in [7, 11) is 0. The van der Waals surface area contributed by atoms with Crippen molar-refractivity contribution in [1.29, 1.82) is 0 Å². The van der Waals surface area contributed by atoms with Crippen molar-refractivity contribution in [1.82, 2.24) is 15.1 Å². The van der Waals surface area contributed by atoms with Gasteiger partial charge in [-0.05, 0) is 37.0 Å². The van der Waals surface area contributed by atoms with E-state index in [4.69, 9.17) is 5.11 Å². The summed E-state index contributed by atoms with van der Waals surface area (Å²) in [6.45, 7) is 6.26. The first-order chi connectivity index (χ1) is 11.3. The van der Waals surface area contributed by atoms with Gasteiger partial charge in [0.05, 0.1) is 5.69 Å². The minimum absolute atomic E-state index is 0.0769. The fraction of sp³-hybridized carbons (Fsp3) is 0.412. The van der Waals surface area contributed by atoms with Gasteiger partial charge in [-0.2, -0.15) is 0 Å². The fourth-order valence-corrected chi connectivity index (χ4v) is 2.28. The van der Waals surface area contributed by atoms with Gasteiger partial charge in [-0.25, -0.2) is 13.9 Å². The molecule has 3 N–H and O–H groups in total. The lowest BCUT2D eigenvalue weighted by molar-refractivity contribution is 0.204. The van der Waals surface area contributed by atoms with E-state index in [-0.39, 0.29) is 23.9 Å². The Morgan fingerprint density at radius 1 is 1.38 bits per heavy atom. The summed E-state index contributed by atoms with van der Waals surface area (Å²) in [6, 6.07) is 7.43. The maximum absolute atomic E-state index is 13.3. The summed E-state index contributed by atoms with van der Waals surface area (Å²) in [5.74, 6) is 0.0370. The van der Waals surface area contributed by atoms with Gasteiger partial charge in [0.15, 0.2) is 5.82 Å². The number of benzene rings is 1. The van der Waals surface area contributed by atoms with Gasteiger partial charge >= 0.3 is 6.03 Å². The third-order valence-corrected chi connectivity index (χ3v) is 3.70. The van der Waals surface area contributed by atoms with Crippen LogP contribution >= 0.6 is 0 Å². The van der Waals surface area contributed by atoms with Crippen molar-refractivity contribution >= 4 is 11.8 Å². The summed E-state index contributed by atoms with van der Waals surface area (Å²) >= 11 is 0. The molecule has 1 aromatic carbocycles. The highest BCUT2D eigenvalue weighted by Crippen LogP contribution is 2.18. The first-order valence-electron chi connectivity index (χ1n) is 7.79. The van der Waals surface area contributed by atoms with Gasteiger partial charge in [0.2, 0.25) is 0 Å². The van der Waals surface area contributed by atoms with E-state index in [0.717, 1.165) is 5.69 Å². The van der Waals surface area contributed by atoms with E-state index in [2.05, 4.69) is 15.7 Å². The Morgan fingerprint density at radius 2 is 2.12 bits per heavy atom. The van der Waals surface area contributed by atoms with E-state index in [1.807, 2.05) is 20.8 Å². The van der Waals surface area contributed by atoms with Crippen LogP contribution in [0.1, 0.15) is 26.0 Å². The number of aliphatic hydroxyl groups is 1. The summed E-state index contributed by atoms with van der Waals surface area (Å²) in [5, 5.41) is 18.7. The molecule has 0 saturated carbocycles. The number of hydrogen-bond donors (Lipinski definition) is 3. The first-order valence-corrected chi connectivity index (χ1v) is 7.79. The fourth-order valence-electron chi connectivity index (χ4n) is 2.28. The van der Waals surface area contributed by atoms with Gasteiger partial charge in [-0.1, -0.05) is 19.9 Å². The van der Waals surface area contributed by atoms with Crippen LogP contribution in [-0.4, -0.2) is 34.1 Å². The minimum Gasteiger partial charge on any atom is -0.396 e. The van der Waals surface area contributed by atoms with Crippen molar-refractivity contribution in [2.45, 2.75) is 27.2 Å². The Kier molecular flexibility index (Phi) is 5.56. The van der Waals surface area contributed by atoms with Crippen molar-refractivity contribution in [3.63, 3.8) is 0 Å². The Hall–Kier alpha value is -2.41. The lowest BCUT2D eigenvalue weighted by Crippen LogP contribution is -2.37. The molecule has 1 heterocycles. The van der Waals surface area contributed by atoms with Crippen molar-refractivity contribution in [3.8, 4) is 5.69 Å². The number of carbonyl (C=O) groups excluding carboxylic acids is 1. The van der Waals surface area contributed by atoms with Crippen LogP contribution in [-0.2, 0) is 0 Å². The molecule has 0 aliphatic carbocycles. The van der Waals surface area contributed by atoms with Crippen LogP contribution in [0, 0.1) is 18.2 Å². The first kappa shape index (κ1) is 17.9. The molecule has 0 spiro atoms. The summed E-state index contributed by atoms with van der Waals surface area (Å²) in [6.07, 6.45) is 0.598. The Morgan fingerprint density at radius 3 is 2.79 bits per heavy atom. The molecule has 0 aliphatic rings. The maximum atomic E-state index is 13.3. The minimum atomic E-state index is -0.370. The van der Waals surface area contributed by atoms with Crippen molar-refractivity contribution in [3.05, 3.63) is 41.8 Å². The standard InChI is InChI=1S/C17H23FN4O2/c1-12-9-15(20-16(24)19-11-17(2,3)7-8-23)21-22(12)14-6-4-5-13(18)10-14/h4-6,9-10,23H,7-8,11H2,1-3H3,(H2,19,20,21,24). The van der Waals surface area contributed by atoms with Crippen molar-refractivity contribution < 1.29 is 14.3 Å². The normalized spacial score (nSPS) is 11.4. The number of aryl methyl sites for hydroxylation is 1. The number of hydrogen-bond acceptors (Lipinski definition) is 3. The molecule has 0 atom stereocenters. The molecule has 1 aromatic heterocycles. The zero-order chi connectivity index (χ0) is 17.7. The average Bonchev–Trinajstić information content (AvgIpc) is 2.86. The summed E-state index contributed by atoms with van der Waals surface area (Å²) in [4.78, 5) is 12.0. The lowest BCUT2D eigenvalue weighted by Gasteiger charge is -2.23. The van der Waals surface area contributed by atoms with Crippen molar-refractivity contribution in [2.75, 3.05) is 18.5 Å². The van der Waals surface area contributed by atoms with Crippen LogP contribution in [0.3, 0.4) is 0 Å². The Labute approximate surface area is 140 Å². The maximum Gasteiger partial charge on any atom is 0.320 e. The topological polar surface area (TPSA) is 79.2 Å². The third-order valence-electron chi connectivity index (χ3n) is 3.70. The number of nitrogens with zero attached hydrogens (tertiary/aromatic N) is 2. The zero-order valence-corrected chi connectivity index (χ0v) is 14.1. The molecule has 0 radical (unpaired) electrons. The number of nitrogens with one attached hydrogen (secondary N) is 2. The largest absolute Gasteiger partial charge is 0.396 e. The summed E-state index contributed by atoms with van der Waals surface area (Å²) in [5.41, 5.74) is 1.17. The van der Waals surface area contributed by atoms with Gasteiger partial charge in [0.1, 0.15) is 5.82 Å². The molecule has 24 heavy (non-hydrogen) atoms. The number of amides is 2. The van der Waals surface area contributed by atoms with Gasteiger partial charge in [0, 0.05) is 24.9 Å². The van der Waals surface area contributed by atoms with Crippen molar-refractivity contribution in [2.24, 2.45) is 5.41 Å². The molecular weight excluding hydrogens is 311 g/mol. The van der Waals surface area contributed by atoms with Crippen LogP contribution < -0.4 is 10.6 Å². The third kappa shape index (κ3) is 4.79. The Bertz CT molecular complexity index is 712. The number of rotatable bonds is 6. The number of anilines is 1. The van der Waals surface area contributed by atoms with Gasteiger partial charge in [0.25, 0.3) is 0 Å². The molecule has 130 valence electrons. The van der Waals surface area contributed by atoms with Crippen LogP contribution in [0.4, 0.5) is 15.0 Å². The molecule has 2 amide bonds. The molecular formula is C17H23FN4O2. The number of carbonyl (C=O) groups is 1. The van der Waals surface area contributed by atoms with Gasteiger partial charge in [-0.15, -0.1) is 5.10 Å². The van der Waals surface area contributed by atoms with Crippen LogP contribution in [0.2, 0.25) is 0 Å². The zero-order valence-electron chi connectivity index (χ0n) is 14.1.